The highest BCUT2D eigenvalue weighted by Crippen LogP contribution is 2.29. The minimum absolute atomic E-state index is 0. The van der Waals surface area contributed by atoms with Crippen molar-refractivity contribution in [2.24, 2.45) is 0 Å². The number of para-hydroxylation sites is 3. The molecular weight excluding hydrogens is 312 g/mol. The summed E-state index contributed by atoms with van der Waals surface area (Å²) in [5.74, 6) is 1.42. The molecule has 2 aromatic rings. The number of carbonyl (C=O) groups excluding carboxylic acids is 1. The van der Waals surface area contributed by atoms with Crippen LogP contribution in [0.15, 0.2) is 54.6 Å². The van der Waals surface area contributed by atoms with Gasteiger partial charge in [-0.2, -0.15) is 0 Å². The molecule has 1 amide bonds. The summed E-state index contributed by atoms with van der Waals surface area (Å²) in [5.41, 5.74) is 0.703. The van der Waals surface area contributed by atoms with Crippen molar-refractivity contribution in [3.8, 4) is 11.5 Å². The first-order chi connectivity index (χ1) is 10.8. The van der Waals surface area contributed by atoms with Gasteiger partial charge < -0.3 is 15.4 Å². The monoisotopic (exact) mass is 332 g/mol. The van der Waals surface area contributed by atoms with Crippen LogP contribution in [0.5, 0.6) is 11.5 Å². The first kappa shape index (κ1) is 17.3. The second-order valence-corrected chi connectivity index (χ2v) is 5.46. The summed E-state index contributed by atoms with van der Waals surface area (Å²) in [4.78, 5) is 12.2. The number of anilines is 1. The van der Waals surface area contributed by atoms with Crippen molar-refractivity contribution in [3.63, 3.8) is 0 Å². The lowest BCUT2D eigenvalue weighted by Crippen LogP contribution is -2.27. The zero-order valence-corrected chi connectivity index (χ0v) is 13.6. The van der Waals surface area contributed by atoms with Crippen LogP contribution in [0.2, 0.25) is 0 Å². The lowest BCUT2D eigenvalue weighted by atomic mass is 10.1. The van der Waals surface area contributed by atoms with Gasteiger partial charge in [0.25, 0.3) is 0 Å². The number of benzene rings is 2. The summed E-state index contributed by atoms with van der Waals surface area (Å²) in [5, 5.41) is 6.29. The van der Waals surface area contributed by atoms with E-state index in [0.29, 0.717) is 23.9 Å². The smallest absolute Gasteiger partial charge is 0.226 e. The molecule has 1 aliphatic heterocycles. The summed E-state index contributed by atoms with van der Waals surface area (Å²) in [7, 11) is 0. The van der Waals surface area contributed by atoms with Gasteiger partial charge in [-0.05, 0) is 43.7 Å². The third-order valence-corrected chi connectivity index (χ3v) is 3.73. The second kappa shape index (κ2) is 8.56. The van der Waals surface area contributed by atoms with E-state index in [1.807, 2.05) is 54.6 Å². The highest BCUT2D eigenvalue weighted by molar-refractivity contribution is 5.92. The maximum absolute atomic E-state index is 12.2. The SMILES string of the molecule is Cl.O=C(CC1CCCN1)Nc1ccccc1Oc1ccccc1. The molecule has 5 heteroatoms. The molecule has 2 N–H and O–H groups in total. The van der Waals surface area contributed by atoms with Crippen molar-refractivity contribution >= 4 is 24.0 Å². The quantitative estimate of drug-likeness (QED) is 0.870. The zero-order chi connectivity index (χ0) is 15.2. The Morgan fingerprint density at radius 1 is 1.13 bits per heavy atom. The molecule has 0 spiro atoms. The van der Waals surface area contributed by atoms with E-state index < -0.39 is 0 Å². The highest BCUT2D eigenvalue weighted by Gasteiger charge is 2.18. The average molecular weight is 333 g/mol. The maximum Gasteiger partial charge on any atom is 0.226 e. The van der Waals surface area contributed by atoms with Gasteiger partial charge in [-0.1, -0.05) is 30.3 Å². The van der Waals surface area contributed by atoms with Crippen molar-refractivity contribution in [2.75, 3.05) is 11.9 Å². The van der Waals surface area contributed by atoms with Gasteiger partial charge in [-0.25, -0.2) is 0 Å². The van der Waals surface area contributed by atoms with Crippen molar-refractivity contribution < 1.29 is 9.53 Å². The fourth-order valence-corrected chi connectivity index (χ4v) is 2.63. The predicted octanol–water partition coefficient (Wildman–Crippen LogP) is 3.98. The third kappa shape index (κ3) is 4.98. The third-order valence-electron chi connectivity index (χ3n) is 3.73. The van der Waals surface area contributed by atoms with Gasteiger partial charge in [0.15, 0.2) is 5.75 Å². The molecule has 0 saturated carbocycles. The van der Waals surface area contributed by atoms with Gasteiger partial charge in [-0.15, -0.1) is 12.4 Å². The summed E-state index contributed by atoms with van der Waals surface area (Å²) in [6.07, 6.45) is 2.71. The number of hydrogen-bond donors (Lipinski definition) is 2. The molecule has 1 aliphatic rings. The first-order valence-electron chi connectivity index (χ1n) is 7.66. The molecule has 1 atom stereocenters. The predicted molar refractivity (Wildman–Crippen MR) is 94.5 cm³/mol. The Labute approximate surface area is 142 Å². The van der Waals surface area contributed by atoms with Gasteiger partial charge in [0.05, 0.1) is 5.69 Å². The van der Waals surface area contributed by atoms with Gasteiger partial charge in [-0.3, -0.25) is 4.79 Å². The number of ether oxygens (including phenoxy) is 1. The fraction of sp³-hybridized carbons (Fsp3) is 0.278. The Morgan fingerprint density at radius 3 is 2.61 bits per heavy atom. The molecule has 0 aromatic heterocycles. The molecule has 1 unspecified atom stereocenters. The van der Waals surface area contributed by atoms with Crippen LogP contribution < -0.4 is 15.4 Å². The normalized spacial score (nSPS) is 16.4. The number of hydrogen-bond acceptors (Lipinski definition) is 3. The van der Waals surface area contributed by atoms with Crippen LogP contribution in [-0.2, 0) is 4.79 Å². The van der Waals surface area contributed by atoms with Gasteiger partial charge >= 0.3 is 0 Å². The fourth-order valence-electron chi connectivity index (χ4n) is 2.63. The average Bonchev–Trinajstić information content (AvgIpc) is 3.03. The zero-order valence-electron chi connectivity index (χ0n) is 12.8. The number of rotatable bonds is 5. The Balaban J connectivity index is 0.00000192. The van der Waals surface area contributed by atoms with Crippen molar-refractivity contribution in [1.82, 2.24) is 5.32 Å². The Kier molecular flexibility index (Phi) is 6.44. The highest BCUT2D eigenvalue weighted by atomic mass is 35.5. The molecule has 3 rings (SSSR count). The number of amides is 1. The maximum atomic E-state index is 12.2. The molecule has 23 heavy (non-hydrogen) atoms. The van der Waals surface area contributed by atoms with Crippen LogP contribution in [0.4, 0.5) is 5.69 Å². The number of nitrogens with one attached hydrogen (secondary N) is 2. The van der Waals surface area contributed by atoms with E-state index in [2.05, 4.69) is 10.6 Å². The molecule has 1 saturated heterocycles. The molecule has 1 heterocycles. The lowest BCUT2D eigenvalue weighted by molar-refractivity contribution is -0.116. The van der Waals surface area contributed by atoms with Crippen LogP contribution >= 0.6 is 12.4 Å². The van der Waals surface area contributed by atoms with Crippen LogP contribution in [-0.4, -0.2) is 18.5 Å². The molecule has 0 aliphatic carbocycles. The number of carbonyl (C=O) groups is 1. The van der Waals surface area contributed by atoms with Gasteiger partial charge in [0.2, 0.25) is 5.91 Å². The molecule has 0 bridgehead atoms. The Hall–Kier alpha value is -2.04. The van der Waals surface area contributed by atoms with E-state index in [4.69, 9.17) is 4.74 Å². The molecule has 1 fully saturated rings. The second-order valence-electron chi connectivity index (χ2n) is 5.46. The summed E-state index contributed by atoms with van der Waals surface area (Å²) in [6.45, 7) is 1.01. The first-order valence-corrected chi connectivity index (χ1v) is 7.66. The standard InChI is InChI=1S/C18H20N2O2.ClH/c21-18(13-14-7-6-12-19-14)20-16-10-4-5-11-17(16)22-15-8-2-1-3-9-15;/h1-5,8-11,14,19H,6-7,12-13H2,(H,20,21);1H. The summed E-state index contributed by atoms with van der Waals surface area (Å²) >= 11 is 0. The molecule has 2 aromatic carbocycles. The minimum Gasteiger partial charge on any atom is -0.455 e. The van der Waals surface area contributed by atoms with Gasteiger partial charge in [0, 0.05) is 12.5 Å². The van der Waals surface area contributed by atoms with E-state index in [0.717, 1.165) is 25.1 Å². The van der Waals surface area contributed by atoms with Crippen molar-refractivity contribution in [3.05, 3.63) is 54.6 Å². The van der Waals surface area contributed by atoms with E-state index in [-0.39, 0.29) is 18.3 Å². The van der Waals surface area contributed by atoms with Gasteiger partial charge in [0.1, 0.15) is 5.75 Å². The van der Waals surface area contributed by atoms with E-state index in [1.54, 1.807) is 0 Å². The minimum atomic E-state index is 0. The number of halogens is 1. The molecule has 0 radical (unpaired) electrons. The van der Waals surface area contributed by atoms with E-state index in [1.165, 1.54) is 0 Å². The van der Waals surface area contributed by atoms with Crippen molar-refractivity contribution in [2.45, 2.75) is 25.3 Å². The van der Waals surface area contributed by atoms with E-state index >= 15 is 0 Å². The topological polar surface area (TPSA) is 50.4 Å². The Bertz CT molecular complexity index is 628. The van der Waals surface area contributed by atoms with Crippen LogP contribution in [0.25, 0.3) is 0 Å². The van der Waals surface area contributed by atoms with Crippen LogP contribution in [0, 0.1) is 0 Å². The lowest BCUT2D eigenvalue weighted by Gasteiger charge is -2.14. The summed E-state index contributed by atoms with van der Waals surface area (Å²) < 4.78 is 5.85. The Morgan fingerprint density at radius 2 is 1.87 bits per heavy atom. The van der Waals surface area contributed by atoms with Crippen LogP contribution in [0.1, 0.15) is 19.3 Å². The largest absolute Gasteiger partial charge is 0.455 e. The molecule has 122 valence electrons. The van der Waals surface area contributed by atoms with E-state index in [9.17, 15) is 4.79 Å². The molecular formula is C18H21ClN2O2. The summed E-state index contributed by atoms with van der Waals surface area (Å²) in [6, 6.07) is 17.4. The van der Waals surface area contributed by atoms with Crippen molar-refractivity contribution in [1.29, 1.82) is 0 Å². The van der Waals surface area contributed by atoms with Crippen LogP contribution in [0.3, 0.4) is 0 Å². The molecule has 4 nitrogen and oxygen atoms in total.